The Hall–Kier alpha value is -3.36. The number of nitrogens with one attached hydrogen (secondary N) is 1. The molecule has 3 aromatic carbocycles. The van der Waals surface area contributed by atoms with Crippen molar-refractivity contribution in [2.24, 2.45) is 0 Å². The lowest BCUT2D eigenvalue weighted by molar-refractivity contribution is -0.116. The van der Waals surface area contributed by atoms with E-state index in [0.29, 0.717) is 23.8 Å². The van der Waals surface area contributed by atoms with E-state index < -0.39 is 15.9 Å². The fourth-order valence-electron chi connectivity index (χ4n) is 3.07. The molecule has 32 heavy (non-hydrogen) atoms. The molecule has 0 unspecified atom stereocenters. The Balaban J connectivity index is 1.82. The first-order valence-corrected chi connectivity index (χ1v) is 11.6. The SMILES string of the molecule is CCOc1ccc(S(=O)(=O)N(CC(=O)Nc2ccc(OC)cc2)Cc2ccccc2)cc1. The van der Waals surface area contributed by atoms with Gasteiger partial charge in [-0.05, 0) is 61.0 Å². The molecule has 0 saturated heterocycles. The van der Waals surface area contributed by atoms with Crippen molar-refractivity contribution in [1.29, 1.82) is 0 Å². The van der Waals surface area contributed by atoms with Crippen LogP contribution in [0.15, 0.2) is 83.8 Å². The van der Waals surface area contributed by atoms with E-state index in [9.17, 15) is 13.2 Å². The van der Waals surface area contributed by atoms with Gasteiger partial charge in [-0.3, -0.25) is 4.79 Å². The number of carbonyl (C=O) groups is 1. The van der Waals surface area contributed by atoms with Crippen molar-refractivity contribution in [3.8, 4) is 11.5 Å². The van der Waals surface area contributed by atoms with E-state index >= 15 is 0 Å². The van der Waals surface area contributed by atoms with Crippen molar-refractivity contribution in [3.63, 3.8) is 0 Å². The zero-order valence-electron chi connectivity index (χ0n) is 18.0. The maximum atomic E-state index is 13.4. The van der Waals surface area contributed by atoms with Gasteiger partial charge in [-0.1, -0.05) is 30.3 Å². The van der Waals surface area contributed by atoms with Crippen LogP contribution < -0.4 is 14.8 Å². The molecule has 3 aromatic rings. The molecule has 0 atom stereocenters. The summed E-state index contributed by atoms with van der Waals surface area (Å²) < 4.78 is 38.4. The minimum Gasteiger partial charge on any atom is -0.497 e. The summed E-state index contributed by atoms with van der Waals surface area (Å²) in [4.78, 5) is 12.8. The molecule has 7 nitrogen and oxygen atoms in total. The topological polar surface area (TPSA) is 84.9 Å². The lowest BCUT2D eigenvalue weighted by atomic mass is 10.2. The van der Waals surface area contributed by atoms with Crippen LogP contribution in [0.5, 0.6) is 11.5 Å². The number of hydrogen-bond acceptors (Lipinski definition) is 5. The Kier molecular flexibility index (Phi) is 7.86. The third-order valence-corrected chi connectivity index (χ3v) is 6.47. The lowest BCUT2D eigenvalue weighted by Crippen LogP contribution is -2.37. The number of anilines is 1. The molecule has 0 aliphatic heterocycles. The van der Waals surface area contributed by atoms with E-state index in [1.54, 1.807) is 43.5 Å². The Labute approximate surface area is 188 Å². The second-order valence-electron chi connectivity index (χ2n) is 6.94. The van der Waals surface area contributed by atoms with E-state index in [1.165, 1.54) is 12.1 Å². The average Bonchev–Trinajstić information content (AvgIpc) is 2.80. The largest absolute Gasteiger partial charge is 0.497 e. The summed E-state index contributed by atoms with van der Waals surface area (Å²) in [5.74, 6) is 0.797. The van der Waals surface area contributed by atoms with Crippen molar-refractivity contribution in [1.82, 2.24) is 4.31 Å². The quantitative estimate of drug-likeness (QED) is 0.502. The standard InChI is InChI=1S/C24H26N2O5S/c1-3-31-22-13-15-23(16-14-22)32(28,29)26(17-19-7-5-4-6-8-19)18-24(27)25-20-9-11-21(30-2)12-10-20/h4-16H,3,17-18H2,1-2H3,(H,25,27). The highest BCUT2D eigenvalue weighted by atomic mass is 32.2. The highest BCUT2D eigenvalue weighted by Crippen LogP contribution is 2.22. The number of nitrogens with zero attached hydrogens (tertiary/aromatic N) is 1. The first-order chi connectivity index (χ1) is 15.4. The number of rotatable bonds is 10. The summed E-state index contributed by atoms with van der Waals surface area (Å²) in [7, 11) is -2.38. The highest BCUT2D eigenvalue weighted by molar-refractivity contribution is 7.89. The number of amides is 1. The van der Waals surface area contributed by atoms with E-state index in [1.807, 2.05) is 37.3 Å². The van der Waals surface area contributed by atoms with Crippen LogP contribution in [0, 0.1) is 0 Å². The van der Waals surface area contributed by atoms with Crippen molar-refractivity contribution >= 4 is 21.6 Å². The Morgan fingerprint density at radius 1 is 0.906 bits per heavy atom. The first kappa shape index (κ1) is 23.3. The molecule has 0 saturated carbocycles. The van der Waals surface area contributed by atoms with Crippen LogP contribution in [-0.4, -0.2) is 38.9 Å². The van der Waals surface area contributed by atoms with Crippen LogP contribution >= 0.6 is 0 Å². The molecule has 0 fully saturated rings. The molecule has 0 aliphatic carbocycles. The van der Waals surface area contributed by atoms with Crippen LogP contribution in [0.25, 0.3) is 0 Å². The molecule has 0 heterocycles. The summed E-state index contributed by atoms with van der Waals surface area (Å²) in [5.41, 5.74) is 1.33. The number of sulfonamides is 1. The van der Waals surface area contributed by atoms with E-state index in [-0.39, 0.29) is 18.0 Å². The summed E-state index contributed by atoms with van der Waals surface area (Å²) in [6.45, 7) is 2.06. The number of hydrogen-bond donors (Lipinski definition) is 1. The summed E-state index contributed by atoms with van der Waals surface area (Å²) in [6.07, 6.45) is 0. The van der Waals surface area contributed by atoms with E-state index in [0.717, 1.165) is 9.87 Å². The summed E-state index contributed by atoms with van der Waals surface area (Å²) in [5, 5.41) is 2.74. The van der Waals surface area contributed by atoms with Crippen LogP contribution in [0.3, 0.4) is 0 Å². The van der Waals surface area contributed by atoms with Gasteiger partial charge in [0, 0.05) is 12.2 Å². The predicted molar refractivity (Wildman–Crippen MR) is 123 cm³/mol. The van der Waals surface area contributed by atoms with E-state index in [2.05, 4.69) is 5.32 Å². The monoisotopic (exact) mass is 454 g/mol. The molecule has 0 radical (unpaired) electrons. The van der Waals surface area contributed by atoms with Crippen LogP contribution in [0.1, 0.15) is 12.5 Å². The van der Waals surface area contributed by atoms with Crippen LogP contribution in [0.2, 0.25) is 0 Å². The van der Waals surface area contributed by atoms with Gasteiger partial charge in [0.15, 0.2) is 0 Å². The van der Waals surface area contributed by atoms with Gasteiger partial charge in [-0.25, -0.2) is 8.42 Å². The molecule has 3 rings (SSSR count). The molecule has 0 aromatic heterocycles. The average molecular weight is 455 g/mol. The predicted octanol–water partition coefficient (Wildman–Crippen LogP) is 3.92. The van der Waals surface area contributed by atoms with Gasteiger partial charge in [0.2, 0.25) is 15.9 Å². The van der Waals surface area contributed by atoms with Crippen molar-refractivity contribution in [2.75, 3.05) is 25.6 Å². The fraction of sp³-hybridized carbons (Fsp3) is 0.208. The van der Waals surface area contributed by atoms with Gasteiger partial charge in [-0.2, -0.15) is 4.31 Å². The number of benzene rings is 3. The maximum absolute atomic E-state index is 13.4. The van der Waals surface area contributed by atoms with Crippen molar-refractivity contribution < 1.29 is 22.7 Å². The lowest BCUT2D eigenvalue weighted by Gasteiger charge is -2.22. The molecular weight excluding hydrogens is 428 g/mol. The molecule has 0 aliphatic rings. The maximum Gasteiger partial charge on any atom is 0.243 e. The van der Waals surface area contributed by atoms with Gasteiger partial charge in [0.05, 0.1) is 25.2 Å². The van der Waals surface area contributed by atoms with Gasteiger partial charge in [0.25, 0.3) is 0 Å². The second-order valence-corrected chi connectivity index (χ2v) is 8.88. The molecule has 0 bridgehead atoms. The zero-order valence-corrected chi connectivity index (χ0v) is 18.8. The van der Waals surface area contributed by atoms with Gasteiger partial charge in [-0.15, -0.1) is 0 Å². The Morgan fingerprint density at radius 2 is 1.53 bits per heavy atom. The molecular formula is C24H26N2O5S. The molecule has 0 spiro atoms. The zero-order chi connectivity index (χ0) is 23.0. The normalized spacial score (nSPS) is 11.2. The number of methoxy groups -OCH3 is 1. The summed E-state index contributed by atoms with van der Waals surface area (Å²) in [6, 6.07) is 22.2. The minimum absolute atomic E-state index is 0.0619. The number of carbonyl (C=O) groups excluding carboxylic acids is 1. The second kappa shape index (κ2) is 10.8. The van der Waals surface area contributed by atoms with Crippen LogP contribution in [-0.2, 0) is 21.4 Å². The first-order valence-electron chi connectivity index (χ1n) is 10.1. The van der Waals surface area contributed by atoms with Crippen molar-refractivity contribution in [2.45, 2.75) is 18.4 Å². The van der Waals surface area contributed by atoms with Gasteiger partial charge < -0.3 is 14.8 Å². The highest BCUT2D eigenvalue weighted by Gasteiger charge is 2.27. The fourth-order valence-corrected chi connectivity index (χ4v) is 4.46. The third kappa shape index (κ3) is 6.09. The van der Waals surface area contributed by atoms with Gasteiger partial charge in [0.1, 0.15) is 11.5 Å². The van der Waals surface area contributed by atoms with E-state index in [4.69, 9.17) is 9.47 Å². The van der Waals surface area contributed by atoms with Gasteiger partial charge >= 0.3 is 0 Å². The van der Waals surface area contributed by atoms with Crippen molar-refractivity contribution in [3.05, 3.63) is 84.4 Å². The third-order valence-electron chi connectivity index (χ3n) is 4.67. The smallest absolute Gasteiger partial charge is 0.243 e. The molecule has 1 N–H and O–H groups in total. The number of ether oxygens (including phenoxy) is 2. The van der Waals surface area contributed by atoms with Crippen LogP contribution in [0.4, 0.5) is 5.69 Å². The molecule has 168 valence electrons. The Bertz CT molecular complexity index is 1120. The minimum atomic E-state index is -3.93. The molecule has 8 heteroatoms. The Morgan fingerprint density at radius 3 is 2.12 bits per heavy atom. The molecule has 1 amide bonds. The summed E-state index contributed by atoms with van der Waals surface area (Å²) >= 11 is 0.